The number of anilines is 2. The Morgan fingerprint density at radius 2 is 2.04 bits per heavy atom. The van der Waals surface area contributed by atoms with E-state index in [2.05, 4.69) is 20.5 Å². The van der Waals surface area contributed by atoms with Crippen molar-refractivity contribution in [1.82, 2.24) is 20.5 Å². The number of H-pyrrole nitrogens is 1. The molecule has 1 fully saturated rings. The summed E-state index contributed by atoms with van der Waals surface area (Å²) in [6.45, 7) is 0.423. The minimum atomic E-state index is -0.168. The van der Waals surface area contributed by atoms with E-state index in [4.69, 9.17) is 0 Å². The topological polar surface area (TPSA) is 73.9 Å². The fraction of sp³-hybridized carbons (Fsp3) is 0.250. The molecule has 0 spiro atoms. The van der Waals surface area contributed by atoms with Gasteiger partial charge >= 0.3 is 0 Å². The third-order valence-corrected chi connectivity index (χ3v) is 4.60. The van der Waals surface area contributed by atoms with E-state index in [0.717, 1.165) is 22.8 Å². The predicted octanol–water partition coefficient (Wildman–Crippen LogP) is 3.38. The Morgan fingerprint density at radius 3 is 2.73 bits per heavy atom. The molecule has 2 aromatic heterocycles. The van der Waals surface area contributed by atoms with Crippen LogP contribution in [0, 0.1) is 0 Å². The van der Waals surface area contributed by atoms with Gasteiger partial charge in [-0.3, -0.25) is 9.89 Å². The number of pyridine rings is 1. The molecule has 1 aromatic carbocycles. The maximum Gasteiger partial charge on any atom is 0.272 e. The Hall–Kier alpha value is -3.15. The lowest BCUT2D eigenvalue weighted by atomic mass is 10.2. The van der Waals surface area contributed by atoms with Gasteiger partial charge in [0, 0.05) is 37.1 Å². The Labute approximate surface area is 152 Å². The van der Waals surface area contributed by atoms with Crippen LogP contribution in [0.4, 0.5) is 11.5 Å². The fourth-order valence-electron chi connectivity index (χ4n) is 2.83. The molecule has 6 heteroatoms. The molecule has 1 saturated carbocycles. The summed E-state index contributed by atoms with van der Waals surface area (Å²) >= 11 is 0. The summed E-state index contributed by atoms with van der Waals surface area (Å²) in [6.07, 6.45) is 4.15. The van der Waals surface area contributed by atoms with Crippen LogP contribution in [0.15, 0.2) is 54.7 Å². The van der Waals surface area contributed by atoms with E-state index >= 15 is 0 Å². The van der Waals surface area contributed by atoms with Gasteiger partial charge in [-0.2, -0.15) is 5.10 Å². The maximum absolute atomic E-state index is 12.2. The Kier molecular flexibility index (Phi) is 4.39. The first-order valence-corrected chi connectivity index (χ1v) is 8.78. The number of aromatic nitrogens is 3. The highest BCUT2D eigenvalue weighted by Crippen LogP contribution is 2.38. The lowest BCUT2D eigenvalue weighted by Gasteiger charge is -2.18. The van der Waals surface area contributed by atoms with E-state index in [1.165, 1.54) is 12.8 Å². The van der Waals surface area contributed by atoms with E-state index < -0.39 is 0 Å². The van der Waals surface area contributed by atoms with E-state index in [1.807, 2.05) is 60.5 Å². The minimum Gasteiger partial charge on any atom is -0.347 e. The summed E-state index contributed by atoms with van der Waals surface area (Å²) in [5, 5.41) is 9.95. The zero-order valence-corrected chi connectivity index (χ0v) is 14.6. The summed E-state index contributed by atoms with van der Waals surface area (Å²) in [4.78, 5) is 18.7. The first kappa shape index (κ1) is 16.3. The number of rotatable bonds is 6. The molecule has 0 saturated heterocycles. The number of nitrogens with zero attached hydrogens (tertiary/aromatic N) is 3. The SMILES string of the molecule is CN(c1ccccc1)c1ccc(CNC(=O)c2cc(C3CC3)[nH]n2)cn1. The van der Waals surface area contributed by atoms with Gasteiger partial charge in [-0.05, 0) is 42.7 Å². The number of aromatic amines is 1. The van der Waals surface area contributed by atoms with Crippen molar-refractivity contribution in [2.24, 2.45) is 0 Å². The molecule has 0 aliphatic heterocycles. The van der Waals surface area contributed by atoms with Crippen LogP contribution < -0.4 is 10.2 Å². The Morgan fingerprint density at radius 1 is 1.23 bits per heavy atom. The van der Waals surface area contributed by atoms with E-state index in [9.17, 15) is 4.79 Å². The molecule has 26 heavy (non-hydrogen) atoms. The van der Waals surface area contributed by atoms with Crippen molar-refractivity contribution < 1.29 is 4.79 Å². The molecular weight excluding hydrogens is 326 g/mol. The lowest BCUT2D eigenvalue weighted by Crippen LogP contribution is -2.23. The number of carbonyl (C=O) groups excluding carboxylic acids is 1. The molecule has 1 aliphatic rings. The van der Waals surface area contributed by atoms with E-state index in [0.29, 0.717) is 18.2 Å². The van der Waals surface area contributed by atoms with E-state index in [1.54, 1.807) is 6.20 Å². The Bertz CT molecular complexity index is 884. The van der Waals surface area contributed by atoms with Crippen molar-refractivity contribution in [3.8, 4) is 0 Å². The molecule has 6 nitrogen and oxygen atoms in total. The van der Waals surface area contributed by atoms with Crippen molar-refractivity contribution in [1.29, 1.82) is 0 Å². The van der Waals surface area contributed by atoms with Gasteiger partial charge in [0.05, 0.1) is 0 Å². The van der Waals surface area contributed by atoms with Crippen LogP contribution in [0.3, 0.4) is 0 Å². The van der Waals surface area contributed by atoms with Crippen LogP contribution in [0.2, 0.25) is 0 Å². The third-order valence-electron chi connectivity index (χ3n) is 4.60. The van der Waals surface area contributed by atoms with E-state index in [-0.39, 0.29) is 5.91 Å². The van der Waals surface area contributed by atoms with Gasteiger partial charge in [-0.15, -0.1) is 0 Å². The number of hydrogen-bond acceptors (Lipinski definition) is 4. The number of para-hydroxylation sites is 1. The number of hydrogen-bond donors (Lipinski definition) is 2. The predicted molar refractivity (Wildman–Crippen MR) is 100 cm³/mol. The van der Waals surface area contributed by atoms with Gasteiger partial charge in [0.15, 0.2) is 0 Å². The monoisotopic (exact) mass is 347 g/mol. The molecule has 0 atom stereocenters. The zero-order chi connectivity index (χ0) is 17.9. The van der Waals surface area contributed by atoms with Crippen LogP contribution in [0.5, 0.6) is 0 Å². The summed E-state index contributed by atoms with van der Waals surface area (Å²) in [5.41, 5.74) is 3.53. The highest BCUT2D eigenvalue weighted by Gasteiger charge is 2.26. The van der Waals surface area contributed by atoms with Gasteiger partial charge in [0.1, 0.15) is 11.5 Å². The van der Waals surface area contributed by atoms with Crippen LogP contribution >= 0.6 is 0 Å². The normalized spacial score (nSPS) is 13.4. The molecule has 4 rings (SSSR count). The number of nitrogens with one attached hydrogen (secondary N) is 2. The second kappa shape index (κ2) is 7.00. The highest BCUT2D eigenvalue weighted by molar-refractivity contribution is 5.92. The van der Waals surface area contributed by atoms with Gasteiger partial charge < -0.3 is 10.2 Å². The first-order chi connectivity index (χ1) is 12.7. The third kappa shape index (κ3) is 3.59. The largest absolute Gasteiger partial charge is 0.347 e. The van der Waals surface area contributed by atoms with Gasteiger partial charge in [0.2, 0.25) is 0 Å². The maximum atomic E-state index is 12.2. The molecule has 0 radical (unpaired) electrons. The Balaban J connectivity index is 1.35. The molecule has 3 aromatic rings. The molecule has 132 valence electrons. The van der Waals surface area contributed by atoms with Gasteiger partial charge in [0.25, 0.3) is 5.91 Å². The molecule has 1 aliphatic carbocycles. The summed E-state index contributed by atoms with van der Waals surface area (Å²) < 4.78 is 0. The molecule has 0 bridgehead atoms. The van der Waals surface area contributed by atoms with Crippen LogP contribution in [-0.2, 0) is 6.54 Å². The fourth-order valence-corrected chi connectivity index (χ4v) is 2.83. The second-order valence-corrected chi connectivity index (χ2v) is 6.58. The molecule has 2 heterocycles. The van der Waals surface area contributed by atoms with Gasteiger partial charge in [-0.1, -0.05) is 24.3 Å². The molecule has 2 N–H and O–H groups in total. The smallest absolute Gasteiger partial charge is 0.272 e. The van der Waals surface area contributed by atoms with Crippen molar-refractivity contribution in [2.45, 2.75) is 25.3 Å². The standard InChI is InChI=1S/C20H21N5O/c1-25(16-5-3-2-4-6-16)19-10-7-14(12-21-19)13-22-20(26)18-11-17(23-24-18)15-8-9-15/h2-7,10-12,15H,8-9,13H2,1H3,(H,22,26)(H,23,24). The summed E-state index contributed by atoms with van der Waals surface area (Å²) in [5.74, 6) is 1.24. The zero-order valence-electron chi connectivity index (χ0n) is 14.6. The minimum absolute atomic E-state index is 0.168. The number of benzene rings is 1. The summed E-state index contributed by atoms with van der Waals surface area (Å²) in [6, 6.07) is 15.8. The van der Waals surface area contributed by atoms with Crippen molar-refractivity contribution >= 4 is 17.4 Å². The quantitative estimate of drug-likeness (QED) is 0.717. The van der Waals surface area contributed by atoms with Gasteiger partial charge in [-0.25, -0.2) is 4.98 Å². The highest BCUT2D eigenvalue weighted by atomic mass is 16.1. The van der Waals surface area contributed by atoms with Crippen molar-refractivity contribution in [3.63, 3.8) is 0 Å². The van der Waals surface area contributed by atoms with Crippen LogP contribution in [0.1, 0.15) is 40.5 Å². The number of amides is 1. The van der Waals surface area contributed by atoms with Crippen molar-refractivity contribution in [2.75, 3.05) is 11.9 Å². The number of carbonyl (C=O) groups is 1. The second-order valence-electron chi connectivity index (χ2n) is 6.58. The molecular formula is C20H21N5O. The lowest BCUT2D eigenvalue weighted by molar-refractivity contribution is 0.0946. The molecule has 0 unspecified atom stereocenters. The van der Waals surface area contributed by atoms with Crippen LogP contribution in [-0.4, -0.2) is 28.1 Å². The average Bonchev–Trinajstić information content (AvgIpc) is 3.43. The first-order valence-electron chi connectivity index (χ1n) is 8.78. The van der Waals surface area contributed by atoms with Crippen molar-refractivity contribution in [3.05, 3.63) is 71.7 Å². The summed E-state index contributed by atoms with van der Waals surface area (Å²) in [7, 11) is 1.98. The molecule has 1 amide bonds. The van der Waals surface area contributed by atoms with Crippen LogP contribution in [0.25, 0.3) is 0 Å². The average molecular weight is 347 g/mol.